The molecular formula is C21H27NO4. The molecule has 0 heterocycles. The van der Waals surface area contributed by atoms with Crippen molar-refractivity contribution in [1.29, 1.82) is 0 Å². The van der Waals surface area contributed by atoms with Gasteiger partial charge in [0.2, 0.25) is 0 Å². The lowest BCUT2D eigenvalue weighted by atomic mass is 10.0. The van der Waals surface area contributed by atoms with E-state index in [1.165, 1.54) is 5.56 Å². The van der Waals surface area contributed by atoms with E-state index in [4.69, 9.17) is 14.2 Å². The van der Waals surface area contributed by atoms with Crippen molar-refractivity contribution in [2.24, 2.45) is 0 Å². The van der Waals surface area contributed by atoms with Gasteiger partial charge in [-0.15, -0.1) is 0 Å². The molecule has 0 saturated carbocycles. The number of hydrogen-bond acceptors (Lipinski definition) is 4. The van der Waals surface area contributed by atoms with Gasteiger partial charge in [0.15, 0.2) is 6.61 Å². The standard InChI is InChI=1S/C21H27NO4/c1-4-24-12-13-25-20-7-5-6-18(14-20)22-21(23)15-26-19-10-8-17(9-11-19)16(2)3/h5-11,14,16H,4,12-13,15H2,1-3H3,(H,22,23). The smallest absolute Gasteiger partial charge is 0.262 e. The fraction of sp³-hybridized carbons (Fsp3) is 0.381. The summed E-state index contributed by atoms with van der Waals surface area (Å²) in [5.41, 5.74) is 1.91. The summed E-state index contributed by atoms with van der Waals surface area (Å²) in [7, 11) is 0. The zero-order valence-electron chi connectivity index (χ0n) is 15.7. The van der Waals surface area contributed by atoms with Gasteiger partial charge in [-0.05, 0) is 42.7 Å². The van der Waals surface area contributed by atoms with Gasteiger partial charge in [0.1, 0.15) is 18.1 Å². The van der Waals surface area contributed by atoms with Crippen LogP contribution in [0.25, 0.3) is 0 Å². The minimum Gasteiger partial charge on any atom is -0.491 e. The number of carbonyl (C=O) groups is 1. The van der Waals surface area contributed by atoms with Crippen molar-refractivity contribution < 1.29 is 19.0 Å². The van der Waals surface area contributed by atoms with Gasteiger partial charge in [-0.25, -0.2) is 0 Å². The normalized spacial score (nSPS) is 10.6. The number of ether oxygens (including phenoxy) is 3. The molecule has 0 radical (unpaired) electrons. The second-order valence-corrected chi connectivity index (χ2v) is 6.13. The Morgan fingerprint density at radius 3 is 2.46 bits per heavy atom. The number of carbonyl (C=O) groups excluding carboxylic acids is 1. The topological polar surface area (TPSA) is 56.8 Å². The van der Waals surface area contributed by atoms with Crippen LogP contribution in [-0.2, 0) is 9.53 Å². The molecule has 0 aromatic heterocycles. The summed E-state index contributed by atoms with van der Waals surface area (Å²) >= 11 is 0. The molecule has 0 spiro atoms. The Kier molecular flexibility index (Phi) is 7.96. The van der Waals surface area contributed by atoms with Crippen molar-refractivity contribution in [2.45, 2.75) is 26.7 Å². The molecule has 0 saturated heterocycles. The number of rotatable bonds is 10. The number of anilines is 1. The Labute approximate surface area is 155 Å². The lowest BCUT2D eigenvalue weighted by Gasteiger charge is -2.11. The maximum absolute atomic E-state index is 12.1. The summed E-state index contributed by atoms with van der Waals surface area (Å²) in [6, 6.07) is 15.1. The Balaban J connectivity index is 1.80. The van der Waals surface area contributed by atoms with Gasteiger partial charge in [-0.3, -0.25) is 4.79 Å². The molecule has 0 aliphatic heterocycles. The van der Waals surface area contributed by atoms with E-state index in [0.29, 0.717) is 42.9 Å². The maximum Gasteiger partial charge on any atom is 0.262 e. The summed E-state index contributed by atoms with van der Waals surface area (Å²) < 4.78 is 16.4. The molecule has 0 atom stereocenters. The first kappa shape index (κ1) is 19.8. The molecule has 0 unspecified atom stereocenters. The molecule has 2 aromatic rings. The average molecular weight is 357 g/mol. The molecule has 26 heavy (non-hydrogen) atoms. The van der Waals surface area contributed by atoms with Crippen LogP contribution in [-0.4, -0.2) is 32.3 Å². The third-order valence-corrected chi connectivity index (χ3v) is 3.74. The molecule has 140 valence electrons. The van der Waals surface area contributed by atoms with E-state index in [1.807, 2.05) is 49.4 Å². The Morgan fingerprint density at radius 1 is 1.00 bits per heavy atom. The van der Waals surface area contributed by atoms with Gasteiger partial charge in [-0.1, -0.05) is 32.0 Å². The number of amides is 1. The Bertz CT molecular complexity index is 683. The molecule has 1 amide bonds. The van der Waals surface area contributed by atoms with Crippen LogP contribution in [0.4, 0.5) is 5.69 Å². The van der Waals surface area contributed by atoms with Crippen LogP contribution in [0.2, 0.25) is 0 Å². The van der Waals surface area contributed by atoms with Crippen molar-refractivity contribution >= 4 is 11.6 Å². The van der Waals surface area contributed by atoms with Gasteiger partial charge in [0.25, 0.3) is 5.91 Å². The lowest BCUT2D eigenvalue weighted by molar-refractivity contribution is -0.118. The van der Waals surface area contributed by atoms with Crippen LogP contribution in [0.1, 0.15) is 32.3 Å². The van der Waals surface area contributed by atoms with Crippen LogP contribution in [0.3, 0.4) is 0 Å². The summed E-state index contributed by atoms with van der Waals surface area (Å²) in [5.74, 6) is 1.62. The quantitative estimate of drug-likeness (QED) is 0.646. The van der Waals surface area contributed by atoms with Gasteiger partial charge in [-0.2, -0.15) is 0 Å². The van der Waals surface area contributed by atoms with E-state index in [2.05, 4.69) is 19.2 Å². The van der Waals surface area contributed by atoms with E-state index in [-0.39, 0.29) is 12.5 Å². The first-order valence-corrected chi connectivity index (χ1v) is 8.91. The highest BCUT2D eigenvalue weighted by molar-refractivity contribution is 5.92. The third kappa shape index (κ3) is 6.76. The van der Waals surface area contributed by atoms with Gasteiger partial charge in [0.05, 0.1) is 6.61 Å². The summed E-state index contributed by atoms with van der Waals surface area (Å²) in [6.45, 7) is 7.85. The molecule has 2 aromatic carbocycles. The van der Waals surface area contributed by atoms with E-state index in [0.717, 1.165) is 0 Å². The third-order valence-electron chi connectivity index (χ3n) is 3.74. The van der Waals surface area contributed by atoms with E-state index >= 15 is 0 Å². The zero-order chi connectivity index (χ0) is 18.8. The molecule has 1 N–H and O–H groups in total. The van der Waals surface area contributed by atoms with Gasteiger partial charge in [0, 0.05) is 18.4 Å². The van der Waals surface area contributed by atoms with Crippen molar-refractivity contribution in [3.05, 3.63) is 54.1 Å². The summed E-state index contributed by atoms with van der Waals surface area (Å²) in [6.07, 6.45) is 0. The predicted octanol–water partition coefficient (Wildman–Crippen LogP) is 4.24. The molecule has 0 fully saturated rings. The van der Waals surface area contributed by atoms with Crippen LogP contribution in [0.5, 0.6) is 11.5 Å². The molecule has 5 heteroatoms. The van der Waals surface area contributed by atoms with E-state index in [9.17, 15) is 4.79 Å². The fourth-order valence-electron chi connectivity index (χ4n) is 2.32. The number of hydrogen-bond donors (Lipinski definition) is 1. The first-order chi connectivity index (χ1) is 12.6. The molecule has 0 aliphatic rings. The zero-order valence-corrected chi connectivity index (χ0v) is 15.7. The van der Waals surface area contributed by atoms with Gasteiger partial charge < -0.3 is 19.5 Å². The van der Waals surface area contributed by atoms with Gasteiger partial charge >= 0.3 is 0 Å². The monoisotopic (exact) mass is 357 g/mol. The highest BCUT2D eigenvalue weighted by Crippen LogP contribution is 2.19. The molecule has 0 bridgehead atoms. The van der Waals surface area contributed by atoms with Crippen LogP contribution in [0, 0.1) is 0 Å². The van der Waals surface area contributed by atoms with Crippen LogP contribution < -0.4 is 14.8 Å². The molecule has 0 aliphatic carbocycles. The molecule has 2 rings (SSSR count). The first-order valence-electron chi connectivity index (χ1n) is 8.91. The molecule has 5 nitrogen and oxygen atoms in total. The minimum absolute atomic E-state index is 0.0452. The number of benzene rings is 2. The second kappa shape index (κ2) is 10.5. The highest BCUT2D eigenvalue weighted by atomic mass is 16.5. The van der Waals surface area contributed by atoms with E-state index in [1.54, 1.807) is 6.07 Å². The predicted molar refractivity (Wildman–Crippen MR) is 103 cm³/mol. The van der Waals surface area contributed by atoms with Crippen molar-refractivity contribution in [3.63, 3.8) is 0 Å². The van der Waals surface area contributed by atoms with Crippen molar-refractivity contribution in [3.8, 4) is 11.5 Å². The van der Waals surface area contributed by atoms with Crippen LogP contribution >= 0.6 is 0 Å². The fourth-order valence-corrected chi connectivity index (χ4v) is 2.32. The summed E-state index contributed by atoms with van der Waals surface area (Å²) in [5, 5.41) is 2.81. The van der Waals surface area contributed by atoms with Crippen molar-refractivity contribution in [2.75, 3.05) is 31.7 Å². The largest absolute Gasteiger partial charge is 0.491 e. The highest BCUT2D eigenvalue weighted by Gasteiger charge is 2.06. The summed E-state index contributed by atoms with van der Waals surface area (Å²) in [4.78, 5) is 12.1. The Hall–Kier alpha value is -2.53. The second-order valence-electron chi connectivity index (χ2n) is 6.13. The van der Waals surface area contributed by atoms with Crippen LogP contribution in [0.15, 0.2) is 48.5 Å². The van der Waals surface area contributed by atoms with E-state index < -0.39 is 0 Å². The Morgan fingerprint density at radius 2 is 1.77 bits per heavy atom. The molecular weight excluding hydrogens is 330 g/mol. The lowest BCUT2D eigenvalue weighted by Crippen LogP contribution is -2.20. The van der Waals surface area contributed by atoms with Crippen molar-refractivity contribution in [1.82, 2.24) is 0 Å². The number of nitrogens with one attached hydrogen (secondary N) is 1. The average Bonchev–Trinajstić information content (AvgIpc) is 2.64. The SMILES string of the molecule is CCOCCOc1cccc(NC(=O)COc2ccc(C(C)C)cc2)c1. The maximum atomic E-state index is 12.1. The minimum atomic E-state index is -0.218.